The zero-order valence-corrected chi connectivity index (χ0v) is 13.5. The van der Waals surface area contributed by atoms with Gasteiger partial charge in [0, 0.05) is 0 Å². The lowest BCUT2D eigenvalue weighted by Gasteiger charge is -2.19. The first-order chi connectivity index (χ1) is 11.8. The number of hydrogen-bond acceptors (Lipinski definition) is 2. The molecule has 0 saturated carbocycles. The molecule has 0 fully saturated rings. The number of furan rings is 1. The summed E-state index contributed by atoms with van der Waals surface area (Å²) in [5.74, 6) is -0.0997. The van der Waals surface area contributed by atoms with Gasteiger partial charge in [0.1, 0.15) is 6.26 Å². The fourth-order valence-electron chi connectivity index (χ4n) is 2.80. The van der Waals surface area contributed by atoms with Crippen molar-refractivity contribution in [2.75, 3.05) is 0 Å². The third kappa shape index (κ3) is 4.35. The molecule has 122 valence electrons. The lowest BCUT2D eigenvalue weighted by atomic mass is 9.98. The Morgan fingerprint density at radius 2 is 1.67 bits per heavy atom. The molecule has 1 amide bonds. The van der Waals surface area contributed by atoms with Crippen LogP contribution < -0.4 is 5.32 Å². The molecule has 3 rings (SSSR count). The van der Waals surface area contributed by atoms with Crippen LogP contribution in [0.2, 0.25) is 0 Å². The van der Waals surface area contributed by atoms with Gasteiger partial charge in [-0.1, -0.05) is 60.7 Å². The highest BCUT2D eigenvalue weighted by Crippen LogP contribution is 2.20. The first-order valence-electron chi connectivity index (χ1n) is 8.25. The number of aryl methyl sites for hydroxylation is 1. The predicted octanol–water partition coefficient (Wildman–Crippen LogP) is 4.77. The molecule has 0 aliphatic carbocycles. The quantitative estimate of drug-likeness (QED) is 0.681. The molecule has 3 nitrogen and oxygen atoms in total. The van der Waals surface area contributed by atoms with Gasteiger partial charge in [0.25, 0.3) is 5.91 Å². The second-order valence-corrected chi connectivity index (χ2v) is 5.83. The minimum atomic E-state index is -0.0997. The molecule has 0 saturated heterocycles. The Bertz CT molecular complexity index is 736. The highest BCUT2D eigenvalue weighted by Gasteiger charge is 2.16. The second kappa shape index (κ2) is 8.16. The van der Waals surface area contributed by atoms with E-state index in [1.54, 1.807) is 6.07 Å². The molecule has 0 aliphatic rings. The number of benzene rings is 2. The number of amides is 1. The van der Waals surface area contributed by atoms with E-state index in [1.165, 1.54) is 18.1 Å². The fraction of sp³-hybridized carbons (Fsp3) is 0.190. The molecule has 3 aromatic rings. The van der Waals surface area contributed by atoms with Crippen molar-refractivity contribution < 1.29 is 9.21 Å². The molecule has 0 aliphatic heterocycles. The normalized spacial score (nSPS) is 11.8. The minimum absolute atomic E-state index is 0.00249. The van der Waals surface area contributed by atoms with Crippen molar-refractivity contribution in [1.29, 1.82) is 0 Å². The number of nitrogens with one attached hydrogen (secondary N) is 1. The standard InChI is InChI=1S/C21H21NO2/c23-21(19-14-15-24-16-19)22-20(18-11-5-2-6-12-18)13-7-10-17-8-3-1-4-9-17/h1-6,8-9,11-12,14-16,20H,7,10,13H2,(H,22,23)/t20-/m1/s1. The molecule has 1 heterocycles. The molecule has 3 heteroatoms. The van der Waals surface area contributed by atoms with E-state index in [-0.39, 0.29) is 11.9 Å². The largest absolute Gasteiger partial charge is 0.472 e. The van der Waals surface area contributed by atoms with Crippen molar-refractivity contribution in [3.8, 4) is 0 Å². The average Bonchev–Trinajstić information content (AvgIpc) is 3.17. The first-order valence-corrected chi connectivity index (χ1v) is 8.25. The number of rotatable bonds is 7. The van der Waals surface area contributed by atoms with Gasteiger partial charge in [-0.2, -0.15) is 0 Å². The van der Waals surface area contributed by atoms with Crippen LogP contribution >= 0.6 is 0 Å². The number of hydrogen-bond donors (Lipinski definition) is 1. The van der Waals surface area contributed by atoms with Crippen LogP contribution in [0.15, 0.2) is 83.7 Å². The summed E-state index contributed by atoms with van der Waals surface area (Å²) in [5.41, 5.74) is 3.01. The maximum Gasteiger partial charge on any atom is 0.255 e. The van der Waals surface area contributed by atoms with Crippen molar-refractivity contribution in [1.82, 2.24) is 5.32 Å². The van der Waals surface area contributed by atoms with E-state index in [0.717, 1.165) is 24.8 Å². The van der Waals surface area contributed by atoms with E-state index in [9.17, 15) is 4.79 Å². The SMILES string of the molecule is O=C(N[C@H](CCCc1ccccc1)c1ccccc1)c1ccoc1. The molecule has 2 aromatic carbocycles. The summed E-state index contributed by atoms with van der Waals surface area (Å²) >= 11 is 0. The maximum atomic E-state index is 12.4. The molecule has 1 atom stereocenters. The van der Waals surface area contributed by atoms with E-state index >= 15 is 0 Å². The van der Waals surface area contributed by atoms with Crippen molar-refractivity contribution in [2.45, 2.75) is 25.3 Å². The van der Waals surface area contributed by atoms with Crippen LogP contribution in [0, 0.1) is 0 Å². The van der Waals surface area contributed by atoms with Crippen LogP contribution in [-0.2, 0) is 6.42 Å². The predicted molar refractivity (Wildman–Crippen MR) is 94.7 cm³/mol. The van der Waals surface area contributed by atoms with Gasteiger partial charge in [0.2, 0.25) is 0 Å². The van der Waals surface area contributed by atoms with Gasteiger partial charge < -0.3 is 9.73 Å². The Labute approximate surface area is 142 Å². The summed E-state index contributed by atoms with van der Waals surface area (Å²) in [6, 6.07) is 22.2. The molecule has 1 aromatic heterocycles. The van der Waals surface area contributed by atoms with Gasteiger partial charge in [0.05, 0.1) is 17.9 Å². The van der Waals surface area contributed by atoms with E-state index in [1.807, 2.05) is 24.3 Å². The Balaban J connectivity index is 1.65. The molecule has 0 bridgehead atoms. The van der Waals surface area contributed by atoms with Crippen LogP contribution in [0.25, 0.3) is 0 Å². The van der Waals surface area contributed by atoms with E-state index in [0.29, 0.717) is 5.56 Å². The highest BCUT2D eigenvalue weighted by molar-refractivity contribution is 5.94. The van der Waals surface area contributed by atoms with Crippen molar-refractivity contribution in [2.24, 2.45) is 0 Å². The lowest BCUT2D eigenvalue weighted by molar-refractivity contribution is 0.0933. The Morgan fingerprint density at radius 3 is 2.33 bits per heavy atom. The van der Waals surface area contributed by atoms with Gasteiger partial charge in [-0.05, 0) is 36.5 Å². The number of carbonyl (C=O) groups is 1. The zero-order valence-electron chi connectivity index (χ0n) is 13.5. The van der Waals surface area contributed by atoms with Gasteiger partial charge >= 0.3 is 0 Å². The monoisotopic (exact) mass is 319 g/mol. The van der Waals surface area contributed by atoms with Crippen LogP contribution in [0.4, 0.5) is 0 Å². The maximum absolute atomic E-state index is 12.4. The summed E-state index contributed by atoms with van der Waals surface area (Å²) < 4.78 is 5.00. The van der Waals surface area contributed by atoms with Crippen LogP contribution in [0.3, 0.4) is 0 Å². The third-order valence-corrected chi connectivity index (χ3v) is 4.09. The summed E-state index contributed by atoms with van der Waals surface area (Å²) in [5, 5.41) is 3.12. The van der Waals surface area contributed by atoms with E-state index in [2.05, 4.69) is 41.7 Å². The highest BCUT2D eigenvalue weighted by atomic mass is 16.3. The zero-order chi connectivity index (χ0) is 16.6. The Hall–Kier alpha value is -2.81. The molecule has 24 heavy (non-hydrogen) atoms. The Morgan fingerprint density at radius 1 is 0.958 bits per heavy atom. The van der Waals surface area contributed by atoms with Crippen LogP contribution in [-0.4, -0.2) is 5.91 Å². The number of carbonyl (C=O) groups excluding carboxylic acids is 1. The third-order valence-electron chi connectivity index (χ3n) is 4.09. The summed E-state index contributed by atoms with van der Waals surface area (Å²) in [6.07, 6.45) is 5.90. The molecular weight excluding hydrogens is 298 g/mol. The van der Waals surface area contributed by atoms with Crippen LogP contribution in [0.1, 0.15) is 40.4 Å². The van der Waals surface area contributed by atoms with Crippen molar-refractivity contribution in [3.63, 3.8) is 0 Å². The first kappa shape index (κ1) is 16.1. The van der Waals surface area contributed by atoms with Crippen LogP contribution in [0.5, 0.6) is 0 Å². The van der Waals surface area contributed by atoms with Crippen molar-refractivity contribution >= 4 is 5.91 Å². The van der Waals surface area contributed by atoms with E-state index in [4.69, 9.17) is 4.42 Å². The molecule has 1 N–H and O–H groups in total. The summed E-state index contributed by atoms with van der Waals surface area (Å²) in [4.78, 5) is 12.4. The molecule has 0 spiro atoms. The fourth-order valence-corrected chi connectivity index (χ4v) is 2.80. The topological polar surface area (TPSA) is 42.2 Å². The average molecular weight is 319 g/mol. The smallest absolute Gasteiger partial charge is 0.255 e. The molecular formula is C21H21NO2. The van der Waals surface area contributed by atoms with E-state index < -0.39 is 0 Å². The van der Waals surface area contributed by atoms with Gasteiger partial charge in [-0.25, -0.2) is 0 Å². The molecule has 0 unspecified atom stereocenters. The summed E-state index contributed by atoms with van der Waals surface area (Å²) in [6.45, 7) is 0. The molecule has 0 radical (unpaired) electrons. The lowest BCUT2D eigenvalue weighted by Crippen LogP contribution is -2.28. The minimum Gasteiger partial charge on any atom is -0.472 e. The van der Waals surface area contributed by atoms with Crippen molar-refractivity contribution in [3.05, 3.63) is 95.9 Å². The Kier molecular flexibility index (Phi) is 5.46. The second-order valence-electron chi connectivity index (χ2n) is 5.83. The summed E-state index contributed by atoms with van der Waals surface area (Å²) in [7, 11) is 0. The van der Waals surface area contributed by atoms with Gasteiger partial charge in [-0.15, -0.1) is 0 Å². The van der Waals surface area contributed by atoms with Gasteiger partial charge in [0.15, 0.2) is 0 Å². The van der Waals surface area contributed by atoms with Gasteiger partial charge in [-0.3, -0.25) is 4.79 Å².